The Kier molecular flexibility index (Phi) is 4.30. The minimum absolute atomic E-state index is 0.139. The lowest BCUT2D eigenvalue weighted by Gasteiger charge is -2.13. The molecule has 104 valence electrons. The van der Waals surface area contributed by atoms with Crippen LogP contribution in [0.5, 0.6) is 0 Å². The minimum atomic E-state index is -0.353. The molecule has 0 bridgehead atoms. The van der Waals surface area contributed by atoms with Crippen molar-refractivity contribution < 1.29 is 14.3 Å². The molecule has 1 atom stereocenters. The lowest BCUT2D eigenvalue weighted by molar-refractivity contribution is -0.141. The van der Waals surface area contributed by atoms with Crippen LogP contribution in [0.1, 0.15) is 23.7 Å². The van der Waals surface area contributed by atoms with Gasteiger partial charge < -0.3 is 10.1 Å². The zero-order valence-corrected chi connectivity index (χ0v) is 11.4. The van der Waals surface area contributed by atoms with E-state index in [4.69, 9.17) is 0 Å². The summed E-state index contributed by atoms with van der Waals surface area (Å²) in [4.78, 5) is 27.6. The van der Waals surface area contributed by atoms with Gasteiger partial charge in [0, 0.05) is 17.6 Å². The average Bonchev–Trinajstić information content (AvgIpc) is 2.46. The number of hydrogen-bond acceptors (Lipinski definition) is 4. The number of carbonyl (C=O) groups excluding carboxylic acids is 2. The highest BCUT2D eigenvalue weighted by molar-refractivity contribution is 6.05. The van der Waals surface area contributed by atoms with Gasteiger partial charge in [-0.25, -0.2) is 0 Å². The molecule has 0 aliphatic carbocycles. The number of nitrogens with zero attached hydrogens (tertiary/aromatic N) is 1. The summed E-state index contributed by atoms with van der Waals surface area (Å²) in [5, 5.41) is 3.68. The number of benzene rings is 1. The SMILES string of the molecule is COC(=O)CC(C)NC(=O)c1cccc2cccnc12. The largest absolute Gasteiger partial charge is 0.469 e. The van der Waals surface area contributed by atoms with Gasteiger partial charge in [0.15, 0.2) is 0 Å². The van der Waals surface area contributed by atoms with Crippen LogP contribution < -0.4 is 5.32 Å². The average molecular weight is 272 g/mol. The molecule has 1 N–H and O–H groups in total. The number of methoxy groups -OCH3 is 1. The van der Waals surface area contributed by atoms with Crippen LogP contribution in [-0.4, -0.2) is 30.0 Å². The Morgan fingerprint density at radius 1 is 1.30 bits per heavy atom. The summed E-state index contributed by atoms with van der Waals surface area (Å²) < 4.78 is 4.58. The fourth-order valence-corrected chi connectivity index (χ4v) is 1.97. The molecular formula is C15H16N2O3. The first-order chi connectivity index (χ1) is 9.61. The topological polar surface area (TPSA) is 68.3 Å². The van der Waals surface area contributed by atoms with Crippen molar-refractivity contribution >= 4 is 22.8 Å². The molecule has 2 aromatic rings. The Morgan fingerprint density at radius 3 is 2.80 bits per heavy atom. The Bertz CT molecular complexity index is 635. The number of nitrogens with one attached hydrogen (secondary N) is 1. The number of hydrogen-bond donors (Lipinski definition) is 1. The van der Waals surface area contributed by atoms with Crippen LogP contribution in [0.4, 0.5) is 0 Å². The fourth-order valence-electron chi connectivity index (χ4n) is 1.97. The van der Waals surface area contributed by atoms with Crippen molar-refractivity contribution in [1.82, 2.24) is 10.3 Å². The van der Waals surface area contributed by atoms with E-state index < -0.39 is 0 Å². The van der Waals surface area contributed by atoms with Gasteiger partial charge in [0.05, 0.1) is 24.6 Å². The highest BCUT2D eigenvalue weighted by Crippen LogP contribution is 2.16. The number of rotatable bonds is 4. The molecule has 0 spiro atoms. The van der Waals surface area contributed by atoms with E-state index in [2.05, 4.69) is 15.0 Å². The zero-order valence-electron chi connectivity index (χ0n) is 11.4. The normalized spacial score (nSPS) is 11.9. The second-order valence-electron chi connectivity index (χ2n) is 4.54. The third-order valence-electron chi connectivity index (χ3n) is 2.96. The van der Waals surface area contributed by atoms with Crippen LogP contribution in [0.25, 0.3) is 10.9 Å². The Labute approximate surface area is 117 Å². The van der Waals surface area contributed by atoms with Crippen molar-refractivity contribution in [2.45, 2.75) is 19.4 Å². The van der Waals surface area contributed by atoms with Crippen LogP contribution in [-0.2, 0) is 9.53 Å². The summed E-state index contributed by atoms with van der Waals surface area (Å²) in [6.45, 7) is 1.76. The van der Waals surface area contributed by atoms with Crippen molar-refractivity contribution in [1.29, 1.82) is 0 Å². The highest BCUT2D eigenvalue weighted by Gasteiger charge is 2.15. The van der Waals surface area contributed by atoms with Gasteiger partial charge in [-0.15, -0.1) is 0 Å². The maximum atomic E-state index is 12.2. The van der Waals surface area contributed by atoms with Gasteiger partial charge in [0.1, 0.15) is 0 Å². The number of pyridine rings is 1. The predicted octanol–water partition coefficient (Wildman–Crippen LogP) is 1.92. The van der Waals surface area contributed by atoms with Crippen molar-refractivity contribution in [3.8, 4) is 0 Å². The van der Waals surface area contributed by atoms with Gasteiger partial charge in [-0.05, 0) is 19.1 Å². The maximum absolute atomic E-state index is 12.2. The monoisotopic (exact) mass is 272 g/mol. The van der Waals surface area contributed by atoms with Crippen LogP contribution in [0.2, 0.25) is 0 Å². The van der Waals surface area contributed by atoms with E-state index >= 15 is 0 Å². The van der Waals surface area contributed by atoms with E-state index in [1.165, 1.54) is 7.11 Å². The van der Waals surface area contributed by atoms with Crippen molar-refractivity contribution in [3.63, 3.8) is 0 Å². The maximum Gasteiger partial charge on any atom is 0.307 e. The molecule has 0 saturated heterocycles. The van der Waals surface area contributed by atoms with Crippen molar-refractivity contribution in [3.05, 3.63) is 42.1 Å². The summed E-state index contributed by atoms with van der Waals surface area (Å²) in [6, 6.07) is 8.85. The number of fused-ring (bicyclic) bond motifs is 1. The standard InChI is InChI=1S/C15H16N2O3/c1-10(9-13(18)20-2)17-15(19)12-7-3-5-11-6-4-8-16-14(11)12/h3-8,10H,9H2,1-2H3,(H,17,19). The lowest BCUT2D eigenvalue weighted by atomic mass is 10.1. The van der Waals surface area contributed by atoms with Crippen LogP contribution in [0, 0.1) is 0 Å². The molecule has 0 aliphatic rings. The fraction of sp³-hybridized carbons (Fsp3) is 0.267. The van der Waals surface area contributed by atoms with Crippen molar-refractivity contribution in [2.75, 3.05) is 7.11 Å². The molecule has 1 amide bonds. The van der Waals surface area contributed by atoms with E-state index in [-0.39, 0.29) is 24.3 Å². The van der Waals surface area contributed by atoms with E-state index in [1.54, 1.807) is 19.2 Å². The number of ether oxygens (including phenoxy) is 1. The van der Waals surface area contributed by atoms with Crippen LogP contribution in [0.15, 0.2) is 36.5 Å². The first kappa shape index (κ1) is 14.0. The van der Waals surface area contributed by atoms with Gasteiger partial charge in [0.25, 0.3) is 5.91 Å². The number of aromatic nitrogens is 1. The summed E-state index contributed by atoms with van der Waals surface area (Å²) in [5.41, 5.74) is 1.15. The molecule has 20 heavy (non-hydrogen) atoms. The van der Waals surface area contributed by atoms with Gasteiger partial charge in [-0.2, -0.15) is 0 Å². The molecule has 1 aromatic heterocycles. The second kappa shape index (κ2) is 6.14. The van der Waals surface area contributed by atoms with E-state index in [0.717, 1.165) is 5.39 Å². The smallest absolute Gasteiger partial charge is 0.307 e. The number of amides is 1. The predicted molar refractivity (Wildman–Crippen MR) is 75.3 cm³/mol. The van der Waals surface area contributed by atoms with Gasteiger partial charge >= 0.3 is 5.97 Å². The molecule has 1 aromatic carbocycles. The van der Waals surface area contributed by atoms with E-state index in [0.29, 0.717) is 11.1 Å². The third kappa shape index (κ3) is 3.12. The molecule has 2 rings (SSSR count). The summed E-state index contributed by atoms with van der Waals surface area (Å²) in [7, 11) is 1.32. The molecule has 5 nitrogen and oxygen atoms in total. The molecule has 0 radical (unpaired) electrons. The Balaban J connectivity index is 2.17. The number of esters is 1. The summed E-state index contributed by atoms with van der Waals surface area (Å²) in [5.74, 6) is -0.598. The summed E-state index contributed by atoms with van der Waals surface area (Å²) in [6.07, 6.45) is 1.79. The van der Waals surface area contributed by atoms with Gasteiger partial charge in [0.2, 0.25) is 0 Å². The number of carbonyl (C=O) groups is 2. The molecule has 0 aliphatic heterocycles. The molecule has 1 unspecified atom stereocenters. The zero-order chi connectivity index (χ0) is 14.5. The first-order valence-electron chi connectivity index (χ1n) is 6.33. The molecule has 5 heteroatoms. The van der Waals surface area contributed by atoms with Crippen LogP contribution >= 0.6 is 0 Å². The summed E-state index contributed by atoms with van der Waals surface area (Å²) >= 11 is 0. The van der Waals surface area contributed by atoms with Gasteiger partial charge in [-0.3, -0.25) is 14.6 Å². The van der Waals surface area contributed by atoms with E-state index in [1.807, 2.05) is 24.3 Å². The molecule has 0 saturated carbocycles. The molecule has 0 fully saturated rings. The van der Waals surface area contributed by atoms with E-state index in [9.17, 15) is 9.59 Å². The number of para-hydroxylation sites is 1. The Hall–Kier alpha value is -2.43. The minimum Gasteiger partial charge on any atom is -0.469 e. The Morgan fingerprint density at radius 2 is 2.05 bits per heavy atom. The quantitative estimate of drug-likeness (QED) is 0.863. The van der Waals surface area contributed by atoms with Gasteiger partial charge in [-0.1, -0.05) is 18.2 Å². The molecular weight excluding hydrogens is 256 g/mol. The second-order valence-corrected chi connectivity index (χ2v) is 4.54. The molecule has 1 heterocycles. The van der Waals surface area contributed by atoms with Crippen LogP contribution in [0.3, 0.4) is 0 Å². The highest BCUT2D eigenvalue weighted by atomic mass is 16.5. The lowest BCUT2D eigenvalue weighted by Crippen LogP contribution is -2.34. The first-order valence-corrected chi connectivity index (χ1v) is 6.33. The third-order valence-corrected chi connectivity index (χ3v) is 2.96. The van der Waals surface area contributed by atoms with Crippen molar-refractivity contribution in [2.24, 2.45) is 0 Å².